The first-order chi connectivity index (χ1) is 16.3. The lowest BCUT2D eigenvalue weighted by atomic mass is 9.77. The van der Waals surface area contributed by atoms with E-state index in [1.165, 1.54) is 6.92 Å². The summed E-state index contributed by atoms with van der Waals surface area (Å²) in [6, 6.07) is 11.1. The number of piperidine rings is 1. The molecule has 0 saturated carbocycles. The van der Waals surface area contributed by atoms with Crippen molar-refractivity contribution in [2.45, 2.75) is 45.6 Å². The number of amides is 3. The second kappa shape index (κ2) is 9.87. The van der Waals surface area contributed by atoms with Crippen molar-refractivity contribution < 1.29 is 14.4 Å². The molecule has 1 atom stereocenters. The van der Waals surface area contributed by atoms with Gasteiger partial charge in [0.1, 0.15) is 6.04 Å². The van der Waals surface area contributed by atoms with Gasteiger partial charge in [-0.3, -0.25) is 14.4 Å². The highest BCUT2D eigenvalue weighted by atomic mass is 16.2. The fraction of sp³-hybridized carbons (Fsp3) is 0.444. The van der Waals surface area contributed by atoms with Gasteiger partial charge >= 0.3 is 0 Å². The molecular formula is C27H34N4O3. The van der Waals surface area contributed by atoms with Crippen LogP contribution < -0.4 is 5.32 Å². The molecule has 0 aliphatic carbocycles. The van der Waals surface area contributed by atoms with Crippen LogP contribution in [0.2, 0.25) is 0 Å². The number of hydrogen-bond acceptors (Lipinski definition) is 3. The first kappa shape index (κ1) is 23.8. The number of nitrogens with zero attached hydrogens (tertiary/aromatic N) is 3. The van der Waals surface area contributed by atoms with Gasteiger partial charge in [0.15, 0.2) is 0 Å². The topological polar surface area (TPSA) is 74.7 Å². The molecule has 2 aliphatic heterocycles. The van der Waals surface area contributed by atoms with Crippen LogP contribution in [0.4, 0.5) is 0 Å². The molecule has 0 bridgehead atoms. The zero-order chi connectivity index (χ0) is 24.3. The minimum atomic E-state index is -0.558. The van der Waals surface area contributed by atoms with Gasteiger partial charge in [0.25, 0.3) is 5.91 Å². The van der Waals surface area contributed by atoms with Gasteiger partial charge in [0, 0.05) is 45.5 Å². The van der Waals surface area contributed by atoms with Crippen LogP contribution in [0.5, 0.6) is 0 Å². The van der Waals surface area contributed by atoms with Crippen molar-refractivity contribution in [3.8, 4) is 5.69 Å². The molecule has 3 amide bonds. The molecule has 0 radical (unpaired) electrons. The Bertz CT molecular complexity index is 1050. The summed E-state index contributed by atoms with van der Waals surface area (Å²) in [5.74, 6) is -0.188. The molecular weight excluding hydrogens is 428 g/mol. The SMILES string of the molecule is C=C(C)CC(NC(C)=O)C(=O)N1CCC2(CCN(C(=O)c3ccccc3-n3cccc3)CC2)C1. The van der Waals surface area contributed by atoms with Crippen LogP contribution in [0, 0.1) is 5.41 Å². The molecule has 4 rings (SSSR count). The number of rotatable bonds is 6. The third-order valence-corrected chi connectivity index (χ3v) is 7.11. The Kier molecular flexibility index (Phi) is 6.91. The lowest BCUT2D eigenvalue weighted by molar-refractivity contribution is -0.135. The molecule has 2 saturated heterocycles. The normalized spacial score (nSPS) is 18.1. The monoisotopic (exact) mass is 462 g/mol. The summed E-state index contributed by atoms with van der Waals surface area (Å²) in [6.45, 7) is 9.95. The van der Waals surface area contributed by atoms with Crippen LogP contribution >= 0.6 is 0 Å². The zero-order valence-corrected chi connectivity index (χ0v) is 20.1. The van der Waals surface area contributed by atoms with Gasteiger partial charge in [-0.05, 0) is 62.3 Å². The van der Waals surface area contributed by atoms with Crippen LogP contribution in [-0.4, -0.2) is 64.3 Å². The van der Waals surface area contributed by atoms with Crippen LogP contribution in [0.1, 0.15) is 49.9 Å². The summed E-state index contributed by atoms with van der Waals surface area (Å²) in [5, 5.41) is 2.79. The maximum atomic E-state index is 13.4. The van der Waals surface area contributed by atoms with Crippen LogP contribution in [0.15, 0.2) is 60.9 Å². The third-order valence-electron chi connectivity index (χ3n) is 7.11. The van der Waals surface area contributed by atoms with Crippen molar-refractivity contribution in [1.29, 1.82) is 0 Å². The second-order valence-electron chi connectivity index (χ2n) is 9.82. The molecule has 1 aromatic heterocycles. The summed E-state index contributed by atoms with van der Waals surface area (Å²) in [6.07, 6.45) is 7.03. The van der Waals surface area contributed by atoms with Crippen LogP contribution in [0.3, 0.4) is 0 Å². The molecule has 1 unspecified atom stereocenters. The van der Waals surface area contributed by atoms with E-state index in [0.29, 0.717) is 38.2 Å². The Labute approximate surface area is 201 Å². The van der Waals surface area contributed by atoms with Crippen LogP contribution in [-0.2, 0) is 9.59 Å². The first-order valence-corrected chi connectivity index (χ1v) is 12.0. The summed E-state index contributed by atoms with van der Waals surface area (Å²) in [5.41, 5.74) is 2.50. The second-order valence-corrected chi connectivity index (χ2v) is 9.82. The number of carbonyl (C=O) groups excluding carboxylic acids is 3. The molecule has 180 valence electrons. The number of aromatic nitrogens is 1. The summed E-state index contributed by atoms with van der Waals surface area (Å²) in [4.78, 5) is 42.0. The average molecular weight is 463 g/mol. The summed E-state index contributed by atoms with van der Waals surface area (Å²) < 4.78 is 1.97. The minimum Gasteiger partial charge on any atom is -0.344 e. The summed E-state index contributed by atoms with van der Waals surface area (Å²) >= 11 is 0. The van der Waals surface area contributed by atoms with Gasteiger partial charge in [0.05, 0.1) is 11.3 Å². The maximum Gasteiger partial charge on any atom is 0.255 e. The van der Waals surface area contributed by atoms with Crippen molar-refractivity contribution in [3.63, 3.8) is 0 Å². The van der Waals surface area contributed by atoms with E-state index in [1.807, 2.05) is 70.1 Å². The minimum absolute atomic E-state index is 0.0331. The van der Waals surface area contributed by atoms with E-state index in [9.17, 15) is 14.4 Å². The quantitative estimate of drug-likeness (QED) is 0.669. The fourth-order valence-electron chi connectivity index (χ4n) is 5.27. The Morgan fingerprint density at radius 3 is 2.21 bits per heavy atom. The average Bonchev–Trinajstić information content (AvgIpc) is 3.49. The maximum absolute atomic E-state index is 13.4. The zero-order valence-electron chi connectivity index (χ0n) is 20.1. The number of para-hydroxylation sites is 1. The highest BCUT2D eigenvalue weighted by Crippen LogP contribution is 2.41. The predicted octanol–water partition coefficient (Wildman–Crippen LogP) is 3.40. The molecule has 1 aromatic carbocycles. The van der Waals surface area contributed by atoms with Gasteiger partial charge in [0.2, 0.25) is 11.8 Å². The molecule has 1 spiro atoms. The molecule has 1 N–H and O–H groups in total. The van der Waals surface area contributed by atoms with Crippen molar-refractivity contribution in [3.05, 3.63) is 66.5 Å². The lowest BCUT2D eigenvalue weighted by Crippen LogP contribution is -2.49. The van der Waals surface area contributed by atoms with Crippen molar-refractivity contribution in [2.24, 2.45) is 5.41 Å². The van der Waals surface area contributed by atoms with E-state index in [0.717, 1.165) is 30.5 Å². The fourth-order valence-corrected chi connectivity index (χ4v) is 5.27. The molecule has 2 aromatic rings. The van der Waals surface area contributed by atoms with Crippen molar-refractivity contribution in [2.75, 3.05) is 26.2 Å². The standard InChI is InChI=1S/C27H34N4O3/c1-20(2)18-23(28-21(3)32)26(34)31-17-12-27(19-31)10-15-30(16-11-27)25(33)22-8-4-5-9-24(22)29-13-6-7-14-29/h4-9,13-14,23H,1,10-12,15-19H2,2-3H3,(H,28,32). The molecule has 2 fully saturated rings. The van der Waals surface area contributed by atoms with E-state index >= 15 is 0 Å². The molecule has 34 heavy (non-hydrogen) atoms. The number of likely N-dealkylation sites (tertiary alicyclic amines) is 2. The molecule has 2 aliphatic rings. The summed E-state index contributed by atoms with van der Waals surface area (Å²) in [7, 11) is 0. The van der Waals surface area contributed by atoms with E-state index in [4.69, 9.17) is 0 Å². The smallest absolute Gasteiger partial charge is 0.255 e. The van der Waals surface area contributed by atoms with Gasteiger partial charge in [-0.25, -0.2) is 0 Å². The first-order valence-electron chi connectivity index (χ1n) is 12.0. The van der Waals surface area contributed by atoms with Gasteiger partial charge in [-0.15, -0.1) is 6.58 Å². The lowest BCUT2D eigenvalue weighted by Gasteiger charge is -2.39. The van der Waals surface area contributed by atoms with Crippen LogP contribution in [0.25, 0.3) is 5.69 Å². The highest BCUT2D eigenvalue weighted by molar-refractivity contribution is 5.98. The van der Waals surface area contributed by atoms with Gasteiger partial charge in [-0.2, -0.15) is 0 Å². The number of nitrogens with one attached hydrogen (secondary N) is 1. The Morgan fingerprint density at radius 1 is 0.971 bits per heavy atom. The Hall–Kier alpha value is -3.35. The van der Waals surface area contributed by atoms with Crippen molar-refractivity contribution >= 4 is 17.7 Å². The third kappa shape index (κ3) is 5.08. The van der Waals surface area contributed by atoms with Gasteiger partial charge < -0.3 is 19.7 Å². The molecule has 3 heterocycles. The Balaban J connectivity index is 1.40. The number of carbonyl (C=O) groups is 3. The van der Waals surface area contributed by atoms with E-state index < -0.39 is 6.04 Å². The van der Waals surface area contributed by atoms with Gasteiger partial charge in [-0.1, -0.05) is 17.7 Å². The van der Waals surface area contributed by atoms with E-state index in [-0.39, 0.29) is 23.1 Å². The van der Waals surface area contributed by atoms with E-state index in [2.05, 4.69) is 11.9 Å². The highest BCUT2D eigenvalue weighted by Gasteiger charge is 2.44. The van der Waals surface area contributed by atoms with Crippen molar-refractivity contribution in [1.82, 2.24) is 19.7 Å². The number of hydrogen-bond donors (Lipinski definition) is 1. The molecule has 7 nitrogen and oxygen atoms in total. The predicted molar refractivity (Wildman–Crippen MR) is 132 cm³/mol. The number of benzene rings is 1. The van der Waals surface area contributed by atoms with E-state index in [1.54, 1.807) is 0 Å². The molecule has 7 heteroatoms. The Morgan fingerprint density at radius 2 is 1.59 bits per heavy atom. The largest absolute Gasteiger partial charge is 0.344 e.